The molecule has 0 saturated carbocycles. The largest absolute Gasteiger partial charge is 0.481 e. The van der Waals surface area contributed by atoms with Crippen molar-refractivity contribution in [1.82, 2.24) is 15.5 Å². The standard InChI is InChI=1S/C12H19N3O3/c1-5-12(4,11(17)18)6-13-10(16)9-7(2)14-15-8(9)3/h5-6H2,1-4H3,(H,13,16)(H,14,15)(H,17,18). The van der Waals surface area contributed by atoms with Gasteiger partial charge in [0.1, 0.15) is 0 Å². The van der Waals surface area contributed by atoms with Gasteiger partial charge in [0.15, 0.2) is 0 Å². The van der Waals surface area contributed by atoms with Gasteiger partial charge in [-0.25, -0.2) is 0 Å². The summed E-state index contributed by atoms with van der Waals surface area (Å²) in [6.45, 7) is 6.99. The molecule has 18 heavy (non-hydrogen) atoms. The molecule has 6 heteroatoms. The first-order valence-electron chi connectivity index (χ1n) is 5.85. The number of aromatic amines is 1. The maximum atomic E-state index is 12.0. The summed E-state index contributed by atoms with van der Waals surface area (Å²) in [4.78, 5) is 23.1. The Bertz CT molecular complexity index is 448. The van der Waals surface area contributed by atoms with Crippen molar-refractivity contribution < 1.29 is 14.7 Å². The van der Waals surface area contributed by atoms with Gasteiger partial charge >= 0.3 is 5.97 Å². The first-order chi connectivity index (χ1) is 8.31. The van der Waals surface area contributed by atoms with E-state index in [1.807, 2.05) is 0 Å². The monoisotopic (exact) mass is 253 g/mol. The van der Waals surface area contributed by atoms with E-state index in [4.69, 9.17) is 5.11 Å². The number of amides is 1. The third kappa shape index (κ3) is 2.69. The number of aliphatic carboxylic acids is 1. The Balaban J connectivity index is 2.76. The lowest BCUT2D eigenvalue weighted by Crippen LogP contribution is -2.40. The molecule has 0 aliphatic heterocycles. The van der Waals surface area contributed by atoms with E-state index in [9.17, 15) is 9.59 Å². The summed E-state index contributed by atoms with van der Waals surface area (Å²) in [5, 5.41) is 18.4. The second-order valence-corrected chi connectivity index (χ2v) is 4.71. The van der Waals surface area contributed by atoms with Crippen molar-refractivity contribution in [2.75, 3.05) is 6.54 Å². The summed E-state index contributed by atoms with van der Waals surface area (Å²) in [6.07, 6.45) is 0.450. The number of aromatic nitrogens is 2. The number of carboxylic acids is 1. The number of hydrogen-bond donors (Lipinski definition) is 3. The molecule has 1 aromatic heterocycles. The first-order valence-corrected chi connectivity index (χ1v) is 5.85. The first kappa shape index (κ1) is 14.2. The lowest BCUT2D eigenvalue weighted by molar-refractivity contribution is -0.147. The third-order valence-corrected chi connectivity index (χ3v) is 3.29. The predicted molar refractivity (Wildman–Crippen MR) is 66.4 cm³/mol. The van der Waals surface area contributed by atoms with Crippen LogP contribution in [0.4, 0.5) is 0 Å². The van der Waals surface area contributed by atoms with E-state index in [1.165, 1.54) is 0 Å². The average molecular weight is 253 g/mol. The van der Waals surface area contributed by atoms with Gasteiger partial charge in [0.05, 0.1) is 16.7 Å². The van der Waals surface area contributed by atoms with Gasteiger partial charge in [0, 0.05) is 12.2 Å². The number of hydrogen-bond acceptors (Lipinski definition) is 3. The minimum absolute atomic E-state index is 0.0989. The maximum absolute atomic E-state index is 12.0. The van der Waals surface area contributed by atoms with Crippen molar-refractivity contribution in [3.8, 4) is 0 Å². The zero-order valence-electron chi connectivity index (χ0n) is 11.1. The van der Waals surface area contributed by atoms with Crippen LogP contribution in [0.15, 0.2) is 0 Å². The third-order valence-electron chi connectivity index (χ3n) is 3.29. The zero-order chi connectivity index (χ0) is 13.9. The molecule has 0 bridgehead atoms. The van der Waals surface area contributed by atoms with Crippen molar-refractivity contribution in [3.63, 3.8) is 0 Å². The number of aryl methyl sites for hydroxylation is 2. The fourth-order valence-corrected chi connectivity index (χ4v) is 1.60. The lowest BCUT2D eigenvalue weighted by atomic mass is 9.87. The van der Waals surface area contributed by atoms with E-state index in [-0.39, 0.29) is 12.5 Å². The Morgan fingerprint density at radius 3 is 2.44 bits per heavy atom. The van der Waals surface area contributed by atoms with Crippen LogP contribution in [0.1, 0.15) is 42.0 Å². The molecule has 0 aromatic carbocycles. The predicted octanol–water partition coefficient (Wildman–Crippen LogP) is 1.26. The van der Waals surface area contributed by atoms with E-state index >= 15 is 0 Å². The molecule has 0 saturated heterocycles. The summed E-state index contributed by atoms with van der Waals surface area (Å²) in [6, 6.07) is 0. The Kier molecular flexibility index (Phi) is 4.11. The minimum Gasteiger partial charge on any atom is -0.481 e. The van der Waals surface area contributed by atoms with Gasteiger partial charge in [-0.15, -0.1) is 0 Å². The number of carbonyl (C=O) groups is 2. The summed E-state index contributed by atoms with van der Waals surface area (Å²) >= 11 is 0. The number of nitrogens with zero attached hydrogens (tertiary/aromatic N) is 1. The molecule has 3 N–H and O–H groups in total. The highest BCUT2D eigenvalue weighted by Crippen LogP contribution is 2.20. The van der Waals surface area contributed by atoms with Crippen molar-refractivity contribution in [2.24, 2.45) is 5.41 Å². The fraction of sp³-hybridized carbons (Fsp3) is 0.583. The van der Waals surface area contributed by atoms with Crippen molar-refractivity contribution in [2.45, 2.75) is 34.1 Å². The van der Waals surface area contributed by atoms with Crippen molar-refractivity contribution >= 4 is 11.9 Å². The van der Waals surface area contributed by atoms with Crippen LogP contribution in [0.25, 0.3) is 0 Å². The van der Waals surface area contributed by atoms with Crippen LogP contribution in [-0.2, 0) is 4.79 Å². The van der Waals surface area contributed by atoms with Crippen LogP contribution in [0.3, 0.4) is 0 Å². The Morgan fingerprint density at radius 2 is 2.06 bits per heavy atom. The molecule has 0 radical (unpaired) electrons. The summed E-state index contributed by atoms with van der Waals surface area (Å²) < 4.78 is 0. The molecule has 0 aliphatic carbocycles. The molecule has 0 fully saturated rings. The second kappa shape index (κ2) is 5.20. The van der Waals surface area contributed by atoms with E-state index in [0.717, 1.165) is 0 Å². The Labute approximate surface area is 106 Å². The molecule has 1 heterocycles. The molecule has 0 aliphatic rings. The highest BCUT2D eigenvalue weighted by molar-refractivity contribution is 5.96. The van der Waals surface area contributed by atoms with Gasteiger partial charge < -0.3 is 10.4 Å². The Morgan fingerprint density at radius 1 is 1.44 bits per heavy atom. The van der Waals surface area contributed by atoms with Gasteiger partial charge in [0.25, 0.3) is 5.91 Å². The molecular weight excluding hydrogens is 234 g/mol. The molecule has 1 amide bonds. The number of nitrogens with one attached hydrogen (secondary N) is 2. The van der Waals surface area contributed by atoms with E-state index in [2.05, 4.69) is 15.5 Å². The number of rotatable bonds is 5. The van der Waals surface area contributed by atoms with Crippen LogP contribution in [0.5, 0.6) is 0 Å². The van der Waals surface area contributed by atoms with E-state index in [0.29, 0.717) is 23.4 Å². The van der Waals surface area contributed by atoms with E-state index in [1.54, 1.807) is 27.7 Å². The Hall–Kier alpha value is -1.85. The average Bonchev–Trinajstić information content (AvgIpc) is 2.65. The van der Waals surface area contributed by atoms with Crippen LogP contribution >= 0.6 is 0 Å². The van der Waals surface area contributed by atoms with Gasteiger partial charge in [-0.1, -0.05) is 6.92 Å². The normalized spacial score (nSPS) is 14.0. The van der Waals surface area contributed by atoms with E-state index < -0.39 is 11.4 Å². The molecule has 1 aromatic rings. The van der Waals surface area contributed by atoms with Crippen molar-refractivity contribution in [1.29, 1.82) is 0 Å². The number of H-pyrrole nitrogens is 1. The highest BCUT2D eigenvalue weighted by atomic mass is 16.4. The maximum Gasteiger partial charge on any atom is 0.311 e. The second-order valence-electron chi connectivity index (χ2n) is 4.71. The molecular formula is C12H19N3O3. The summed E-state index contributed by atoms with van der Waals surface area (Å²) in [5.74, 6) is -1.20. The van der Waals surface area contributed by atoms with Gasteiger partial charge in [-0.3, -0.25) is 14.7 Å². The van der Waals surface area contributed by atoms with Crippen LogP contribution in [-0.4, -0.2) is 33.7 Å². The molecule has 1 rings (SSSR count). The van der Waals surface area contributed by atoms with Crippen LogP contribution in [0, 0.1) is 19.3 Å². The topological polar surface area (TPSA) is 95.1 Å². The van der Waals surface area contributed by atoms with Crippen LogP contribution in [0.2, 0.25) is 0 Å². The zero-order valence-corrected chi connectivity index (χ0v) is 11.1. The van der Waals surface area contributed by atoms with Crippen LogP contribution < -0.4 is 5.32 Å². The molecule has 1 atom stereocenters. The molecule has 1 unspecified atom stereocenters. The fourth-order valence-electron chi connectivity index (χ4n) is 1.60. The van der Waals surface area contributed by atoms with Gasteiger partial charge in [0.2, 0.25) is 0 Å². The number of carbonyl (C=O) groups excluding carboxylic acids is 1. The summed E-state index contributed by atoms with van der Waals surface area (Å²) in [7, 11) is 0. The summed E-state index contributed by atoms with van der Waals surface area (Å²) in [5.41, 5.74) is 0.831. The molecule has 100 valence electrons. The highest BCUT2D eigenvalue weighted by Gasteiger charge is 2.32. The molecule has 6 nitrogen and oxygen atoms in total. The number of carboxylic acid groups (broad SMARTS) is 1. The lowest BCUT2D eigenvalue weighted by Gasteiger charge is -2.23. The quantitative estimate of drug-likeness (QED) is 0.736. The van der Waals surface area contributed by atoms with Gasteiger partial charge in [-0.05, 0) is 27.2 Å². The SMILES string of the molecule is CCC(C)(CNC(=O)c1c(C)n[nH]c1C)C(=O)O. The molecule has 0 spiro atoms. The smallest absolute Gasteiger partial charge is 0.311 e. The van der Waals surface area contributed by atoms with Crippen molar-refractivity contribution in [3.05, 3.63) is 17.0 Å². The van der Waals surface area contributed by atoms with Gasteiger partial charge in [-0.2, -0.15) is 5.10 Å². The minimum atomic E-state index is -0.943.